The molecular weight excluding hydrogens is 284 g/mol. The Morgan fingerprint density at radius 3 is 2.57 bits per heavy atom. The van der Waals surface area contributed by atoms with Crippen molar-refractivity contribution in [1.82, 2.24) is 10.2 Å². The van der Waals surface area contributed by atoms with Gasteiger partial charge < -0.3 is 9.64 Å². The Hall–Kier alpha value is -1.04. The van der Waals surface area contributed by atoms with Gasteiger partial charge in [-0.3, -0.25) is 10.1 Å². The Bertz CT molecular complexity index is 476. The fourth-order valence-corrected chi connectivity index (χ4v) is 2.87. The minimum absolute atomic E-state index is 0.0563. The number of hydrogen-bond donors (Lipinski definition) is 1. The van der Waals surface area contributed by atoms with E-state index in [9.17, 15) is 4.79 Å². The van der Waals surface area contributed by atoms with Crippen LogP contribution in [-0.2, 0) is 9.53 Å². The highest BCUT2D eigenvalue weighted by molar-refractivity contribution is 7.98. The fraction of sp³-hybridized carbons (Fsp3) is 0.562. The number of thioether (sulfide) groups is 1. The van der Waals surface area contributed by atoms with Gasteiger partial charge in [-0.1, -0.05) is 12.1 Å². The molecule has 5 heteroatoms. The van der Waals surface area contributed by atoms with Crippen LogP contribution < -0.4 is 5.32 Å². The van der Waals surface area contributed by atoms with Crippen molar-refractivity contribution in [2.75, 3.05) is 19.4 Å². The lowest BCUT2D eigenvalue weighted by Gasteiger charge is -2.25. The van der Waals surface area contributed by atoms with Gasteiger partial charge in [0.05, 0.1) is 18.8 Å². The summed E-state index contributed by atoms with van der Waals surface area (Å²) in [6.45, 7) is 7.10. The van der Waals surface area contributed by atoms with Crippen molar-refractivity contribution in [2.45, 2.75) is 44.0 Å². The van der Waals surface area contributed by atoms with Crippen LogP contribution in [0.3, 0.4) is 0 Å². The van der Waals surface area contributed by atoms with Crippen LogP contribution in [-0.4, -0.2) is 42.4 Å². The Morgan fingerprint density at radius 2 is 2.00 bits per heavy atom. The standard InChI is InChI=1S/C16H24N2O2S/c1-11(2)20-10-9-18-15(17-12(3)16(18)19)13-5-7-14(21-4)8-6-13/h5-8,11-12,15,17H,9-10H2,1-4H3. The third-order valence-electron chi connectivity index (χ3n) is 3.59. The molecule has 0 saturated carbocycles. The van der Waals surface area contributed by atoms with Gasteiger partial charge in [0.15, 0.2) is 0 Å². The van der Waals surface area contributed by atoms with Crippen LogP contribution >= 0.6 is 11.8 Å². The number of carbonyl (C=O) groups excluding carboxylic acids is 1. The van der Waals surface area contributed by atoms with Gasteiger partial charge in [-0.2, -0.15) is 0 Å². The average molecular weight is 308 g/mol. The molecule has 116 valence electrons. The molecule has 1 aliphatic heterocycles. The monoisotopic (exact) mass is 308 g/mol. The quantitative estimate of drug-likeness (QED) is 0.820. The number of nitrogens with one attached hydrogen (secondary N) is 1. The maximum atomic E-state index is 12.3. The van der Waals surface area contributed by atoms with Crippen LogP contribution in [0.5, 0.6) is 0 Å². The van der Waals surface area contributed by atoms with E-state index in [0.29, 0.717) is 13.2 Å². The number of ether oxygens (including phenoxy) is 1. The van der Waals surface area contributed by atoms with Crippen molar-refractivity contribution >= 4 is 17.7 Å². The van der Waals surface area contributed by atoms with E-state index < -0.39 is 0 Å². The van der Waals surface area contributed by atoms with Gasteiger partial charge in [0.2, 0.25) is 5.91 Å². The topological polar surface area (TPSA) is 41.6 Å². The van der Waals surface area contributed by atoms with E-state index >= 15 is 0 Å². The molecule has 0 bridgehead atoms. The first-order valence-electron chi connectivity index (χ1n) is 7.35. The molecule has 4 nitrogen and oxygen atoms in total. The first-order chi connectivity index (χ1) is 10.0. The van der Waals surface area contributed by atoms with E-state index in [4.69, 9.17) is 4.74 Å². The zero-order valence-electron chi connectivity index (χ0n) is 13.1. The molecule has 0 aliphatic carbocycles. The normalized spacial score (nSPS) is 22.3. The lowest BCUT2D eigenvalue weighted by molar-refractivity contribution is -0.130. The molecule has 0 radical (unpaired) electrons. The molecule has 1 fully saturated rings. The van der Waals surface area contributed by atoms with Crippen LogP contribution in [0.1, 0.15) is 32.5 Å². The van der Waals surface area contributed by atoms with Crippen LogP contribution in [0, 0.1) is 0 Å². The van der Waals surface area contributed by atoms with Crippen molar-refractivity contribution in [3.8, 4) is 0 Å². The van der Waals surface area contributed by atoms with Crippen LogP contribution in [0.2, 0.25) is 0 Å². The third-order valence-corrected chi connectivity index (χ3v) is 4.33. The summed E-state index contributed by atoms with van der Waals surface area (Å²) >= 11 is 1.72. The summed E-state index contributed by atoms with van der Waals surface area (Å²) < 4.78 is 5.58. The van der Waals surface area contributed by atoms with Crippen molar-refractivity contribution < 1.29 is 9.53 Å². The van der Waals surface area contributed by atoms with Gasteiger partial charge >= 0.3 is 0 Å². The molecule has 1 N–H and O–H groups in total. The lowest BCUT2D eigenvalue weighted by Crippen LogP contribution is -2.34. The Morgan fingerprint density at radius 1 is 1.33 bits per heavy atom. The number of rotatable bonds is 6. The molecule has 1 amide bonds. The summed E-state index contributed by atoms with van der Waals surface area (Å²) in [5.41, 5.74) is 1.12. The summed E-state index contributed by atoms with van der Waals surface area (Å²) in [7, 11) is 0. The molecule has 1 aromatic carbocycles. The lowest BCUT2D eigenvalue weighted by atomic mass is 10.1. The molecule has 0 spiro atoms. The molecule has 1 aromatic rings. The first-order valence-corrected chi connectivity index (χ1v) is 8.57. The summed E-state index contributed by atoms with van der Waals surface area (Å²) in [6, 6.07) is 8.22. The van der Waals surface area contributed by atoms with E-state index in [1.165, 1.54) is 4.90 Å². The second-order valence-corrected chi connectivity index (χ2v) is 6.39. The zero-order chi connectivity index (χ0) is 15.4. The van der Waals surface area contributed by atoms with Crippen molar-refractivity contribution in [3.63, 3.8) is 0 Å². The minimum atomic E-state index is -0.144. The maximum absolute atomic E-state index is 12.3. The number of benzene rings is 1. The molecule has 2 rings (SSSR count). The van der Waals surface area contributed by atoms with E-state index in [-0.39, 0.29) is 24.2 Å². The molecule has 1 saturated heterocycles. The highest BCUT2D eigenvalue weighted by Gasteiger charge is 2.36. The first kappa shape index (κ1) is 16.3. The second kappa shape index (κ2) is 7.29. The summed E-state index contributed by atoms with van der Waals surface area (Å²) in [5.74, 6) is 0.140. The van der Waals surface area contributed by atoms with Gasteiger partial charge in [0.1, 0.15) is 6.17 Å². The highest BCUT2D eigenvalue weighted by Crippen LogP contribution is 2.26. The summed E-state index contributed by atoms with van der Waals surface area (Å²) in [5, 5.41) is 3.36. The SMILES string of the molecule is CSc1ccc(C2NC(C)C(=O)N2CCOC(C)C)cc1. The molecule has 2 unspecified atom stereocenters. The Kier molecular flexibility index (Phi) is 5.67. The average Bonchev–Trinajstić information content (AvgIpc) is 2.75. The van der Waals surface area contributed by atoms with Gasteiger partial charge in [-0.25, -0.2) is 0 Å². The molecule has 1 aliphatic rings. The molecule has 0 aromatic heterocycles. The third kappa shape index (κ3) is 3.99. The number of amides is 1. The van der Waals surface area contributed by atoms with Gasteiger partial charge in [0.25, 0.3) is 0 Å². The van der Waals surface area contributed by atoms with Gasteiger partial charge in [-0.15, -0.1) is 11.8 Å². The van der Waals surface area contributed by atoms with Crippen molar-refractivity contribution in [2.24, 2.45) is 0 Å². The zero-order valence-corrected chi connectivity index (χ0v) is 13.9. The largest absolute Gasteiger partial charge is 0.377 e. The molecule has 1 heterocycles. The van der Waals surface area contributed by atoms with Gasteiger partial charge in [-0.05, 0) is 44.7 Å². The molecular formula is C16H24N2O2S. The van der Waals surface area contributed by atoms with E-state index in [2.05, 4.69) is 35.8 Å². The molecule has 2 atom stereocenters. The number of carbonyl (C=O) groups is 1. The van der Waals surface area contributed by atoms with Gasteiger partial charge in [0, 0.05) is 11.4 Å². The van der Waals surface area contributed by atoms with Crippen molar-refractivity contribution in [1.29, 1.82) is 0 Å². The van der Waals surface area contributed by atoms with Crippen molar-refractivity contribution in [3.05, 3.63) is 29.8 Å². The molecule has 21 heavy (non-hydrogen) atoms. The Balaban J connectivity index is 2.09. The number of hydrogen-bond acceptors (Lipinski definition) is 4. The highest BCUT2D eigenvalue weighted by atomic mass is 32.2. The maximum Gasteiger partial charge on any atom is 0.241 e. The van der Waals surface area contributed by atoms with E-state index in [0.717, 1.165) is 5.56 Å². The summed E-state index contributed by atoms with van der Waals surface area (Å²) in [6.07, 6.45) is 2.19. The number of nitrogens with zero attached hydrogens (tertiary/aromatic N) is 1. The minimum Gasteiger partial charge on any atom is -0.377 e. The van der Waals surface area contributed by atoms with E-state index in [1.54, 1.807) is 11.8 Å². The van der Waals surface area contributed by atoms with Crippen LogP contribution in [0.15, 0.2) is 29.2 Å². The predicted octanol–water partition coefficient (Wildman–Crippen LogP) is 2.65. The fourth-order valence-electron chi connectivity index (χ4n) is 2.46. The summed E-state index contributed by atoms with van der Waals surface area (Å²) in [4.78, 5) is 15.4. The predicted molar refractivity (Wildman–Crippen MR) is 86.4 cm³/mol. The van der Waals surface area contributed by atoms with Crippen LogP contribution in [0.4, 0.5) is 0 Å². The van der Waals surface area contributed by atoms with Crippen LogP contribution in [0.25, 0.3) is 0 Å². The van der Waals surface area contributed by atoms with E-state index in [1.807, 2.05) is 25.7 Å². The smallest absolute Gasteiger partial charge is 0.241 e. The Labute approximate surface area is 131 Å². The second-order valence-electron chi connectivity index (χ2n) is 5.52.